The minimum Gasteiger partial charge on any atom is -0.368 e. The van der Waals surface area contributed by atoms with Gasteiger partial charge in [0.1, 0.15) is 0 Å². The molecule has 3 aliphatic heterocycles. The highest BCUT2D eigenvalue weighted by Crippen LogP contribution is 2.46. The fourth-order valence-corrected chi connectivity index (χ4v) is 5.74. The minimum atomic E-state index is -1.34. The molecule has 2 fully saturated rings. The zero-order valence-electron chi connectivity index (χ0n) is 19.9. The first kappa shape index (κ1) is 22.4. The van der Waals surface area contributed by atoms with Crippen LogP contribution >= 0.6 is 0 Å². The van der Waals surface area contributed by atoms with E-state index in [0.29, 0.717) is 32.0 Å². The number of barbiturate groups is 1. The van der Waals surface area contributed by atoms with Crippen molar-refractivity contribution in [3.05, 3.63) is 60.2 Å². The van der Waals surface area contributed by atoms with Gasteiger partial charge in [0.05, 0.1) is 6.04 Å². The van der Waals surface area contributed by atoms with Crippen molar-refractivity contribution in [2.75, 3.05) is 36.0 Å². The average Bonchev–Trinajstić information content (AvgIpc) is 2.84. The van der Waals surface area contributed by atoms with E-state index in [9.17, 15) is 14.4 Å². The number of carbonyl (C=O) groups is 3. The van der Waals surface area contributed by atoms with Gasteiger partial charge in [-0.2, -0.15) is 0 Å². The average molecular weight is 461 g/mol. The zero-order chi connectivity index (χ0) is 23.9. The highest BCUT2D eigenvalue weighted by atomic mass is 16.2. The number of hydrogen-bond acceptors (Lipinski definition) is 5. The third-order valence-electron chi connectivity index (χ3n) is 7.50. The summed E-state index contributed by atoms with van der Waals surface area (Å²) in [6.07, 6.45) is 1.94. The maximum Gasteiger partial charge on any atom is 0.330 e. The van der Waals surface area contributed by atoms with Gasteiger partial charge in [0.25, 0.3) is 0 Å². The summed E-state index contributed by atoms with van der Waals surface area (Å²) in [5, 5.41) is 2.56. The summed E-state index contributed by atoms with van der Waals surface area (Å²) in [7, 11) is 0. The number of urea groups is 1. The maximum atomic E-state index is 14.1. The Morgan fingerprint density at radius 1 is 1.00 bits per heavy atom. The molecule has 5 rings (SSSR count). The van der Waals surface area contributed by atoms with Crippen molar-refractivity contribution in [1.82, 2.24) is 10.2 Å². The molecule has 2 atom stereocenters. The Morgan fingerprint density at radius 3 is 2.50 bits per heavy atom. The van der Waals surface area contributed by atoms with Crippen molar-refractivity contribution >= 4 is 29.2 Å². The summed E-state index contributed by atoms with van der Waals surface area (Å²) in [6.45, 7) is 6.59. The van der Waals surface area contributed by atoms with Crippen LogP contribution in [0.5, 0.6) is 0 Å². The molecule has 7 heteroatoms. The highest BCUT2D eigenvalue weighted by Gasteiger charge is 2.62. The topological polar surface area (TPSA) is 73.0 Å². The Kier molecular flexibility index (Phi) is 5.80. The van der Waals surface area contributed by atoms with Crippen LogP contribution in [0.2, 0.25) is 0 Å². The number of rotatable bonds is 5. The SMILES string of the molecule is CC(C)CCCN1C(=O)NC(=O)[C@@]2(Cc3ccccc3N3CCN(c4ccccc4)C[C@@H]32)C1=O. The van der Waals surface area contributed by atoms with Gasteiger partial charge in [0, 0.05) is 37.6 Å². The number of fused-ring (bicyclic) bond motifs is 4. The molecule has 0 radical (unpaired) electrons. The van der Waals surface area contributed by atoms with E-state index in [2.05, 4.69) is 47.2 Å². The molecule has 178 valence electrons. The first-order valence-corrected chi connectivity index (χ1v) is 12.2. The first-order chi connectivity index (χ1) is 16.4. The maximum absolute atomic E-state index is 14.1. The molecule has 0 aliphatic carbocycles. The van der Waals surface area contributed by atoms with Gasteiger partial charge in [-0.1, -0.05) is 50.2 Å². The standard InChI is InChI=1S/C27H32N4O3/c1-19(2)9-8-14-31-25(33)27(24(32)28-26(31)34)17-20-10-6-7-13-22(20)30-16-15-29(18-23(27)30)21-11-4-3-5-12-21/h3-7,10-13,19,23H,8-9,14-18H2,1-2H3,(H,28,32,34)/t23-,27+/m1/s1. The molecule has 0 saturated carbocycles. The van der Waals surface area contributed by atoms with Crippen molar-refractivity contribution in [2.45, 2.75) is 39.2 Å². The third-order valence-corrected chi connectivity index (χ3v) is 7.50. The van der Waals surface area contributed by atoms with Gasteiger partial charge in [0.15, 0.2) is 5.41 Å². The van der Waals surface area contributed by atoms with Crippen molar-refractivity contribution in [3.63, 3.8) is 0 Å². The zero-order valence-corrected chi connectivity index (χ0v) is 19.9. The lowest BCUT2D eigenvalue weighted by atomic mass is 9.67. The number of anilines is 2. The monoisotopic (exact) mass is 460 g/mol. The smallest absolute Gasteiger partial charge is 0.330 e. The molecule has 3 heterocycles. The van der Waals surface area contributed by atoms with Crippen LogP contribution in [0.3, 0.4) is 0 Å². The summed E-state index contributed by atoms with van der Waals surface area (Å²) < 4.78 is 0. The fraction of sp³-hybridized carbons (Fsp3) is 0.444. The molecular weight excluding hydrogens is 428 g/mol. The number of hydrogen-bond donors (Lipinski definition) is 1. The van der Waals surface area contributed by atoms with Gasteiger partial charge >= 0.3 is 6.03 Å². The molecule has 2 aromatic rings. The number of amides is 4. The third kappa shape index (κ3) is 3.63. The van der Waals surface area contributed by atoms with Crippen molar-refractivity contribution < 1.29 is 14.4 Å². The molecule has 1 N–H and O–H groups in total. The van der Waals surface area contributed by atoms with E-state index in [-0.39, 0.29) is 11.9 Å². The van der Waals surface area contributed by atoms with E-state index >= 15 is 0 Å². The highest BCUT2D eigenvalue weighted by molar-refractivity contribution is 6.20. The van der Waals surface area contributed by atoms with Gasteiger partial charge in [0.2, 0.25) is 11.8 Å². The van der Waals surface area contributed by atoms with Gasteiger partial charge in [-0.05, 0) is 48.9 Å². The molecule has 0 unspecified atom stereocenters. The number of para-hydroxylation sites is 2. The molecule has 1 spiro atoms. The normalized spacial score (nSPS) is 24.4. The van der Waals surface area contributed by atoms with E-state index in [0.717, 1.165) is 36.3 Å². The van der Waals surface area contributed by atoms with Gasteiger partial charge in [-0.25, -0.2) is 4.79 Å². The molecule has 2 saturated heterocycles. The lowest BCUT2D eigenvalue weighted by molar-refractivity contribution is -0.153. The van der Waals surface area contributed by atoms with Crippen LogP contribution in [0.1, 0.15) is 32.3 Å². The number of imide groups is 2. The van der Waals surface area contributed by atoms with Crippen LogP contribution in [0.25, 0.3) is 0 Å². The van der Waals surface area contributed by atoms with Crippen molar-refractivity contribution in [2.24, 2.45) is 11.3 Å². The van der Waals surface area contributed by atoms with Crippen LogP contribution < -0.4 is 15.1 Å². The molecule has 7 nitrogen and oxygen atoms in total. The number of benzene rings is 2. The number of carbonyl (C=O) groups excluding carboxylic acids is 3. The molecule has 34 heavy (non-hydrogen) atoms. The summed E-state index contributed by atoms with van der Waals surface area (Å²) >= 11 is 0. The molecule has 3 aliphatic rings. The quantitative estimate of drug-likeness (QED) is 0.692. The second kappa shape index (κ2) is 8.78. The Labute approximate surface area is 200 Å². The van der Waals surface area contributed by atoms with Crippen molar-refractivity contribution in [3.8, 4) is 0 Å². The van der Waals surface area contributed by atoms with Crippen LogP contribution in [-0.2, 0) is 16.0 Å². The van der Waals surface area contributed by atoms with Crippen LogP contribution in [-0.4, -0.2) is 55.0 Å². The molecule has 0 bridgehead atoms. The lowest BCUT2D eigenvalue weighted by Gasteiger charge is -2.55. The van der Waals surface area contributed by atoms with Crippen molar-refractivity contribution in [1.29, 1.82) is 0 Å². The van der Waals surface area contributed by atoms with E-state index in [1.54, 1.807) is 0 Å². The van der Waals surface area contributed by atoms with Gasteiger partial charge in [-0.15, -0.1) is 0 Å². The molecular formula is C27H32N4O3. The minimum absolute atomic E-state index is 0.297. The number of nitrogens with one attached hydrogen (secondary N) is 1. The Balaban J connectivity index is 1.55. The largest absolute Gasteiger partial charge is 0.368 e. The molecule has 4 amide bonds. The van der Waals surface area contributed by atoms with Crippen LogP contribution in [0, 0.1) is 11.3 Å². The number of piperazine rings is 1. The van der Waals surface area contributed by atoms with E-state index in [1.807, 2.05) is 36.4 Å². The molecule has 0 aromatic heterocycles. The Bertz CT molecular complexity index is 1100. The Hall–Kier alpha value is -3.35. The predicted molar refractivity (Wildman–Crippen MR) is 132 cm³/mol. The predicted octanol–water partition coefficient (Wildman–Crippen LogP) is 3.44. The first-order valence-electron chi connectivity index (χ1n) is 12.2. The van der Waals surface area contributed by atoms with E-state index in [4.69, 9.17) is 0 Å². The van der Waals surface area contributed by atoms with E-state index < -0.39 is 17.4 Å². The second-order valence-corrected chi connectivity index (χ2v) is 10.0. The summed E-state index contributed by atoms with van der Waals surface area (Å²) in [5.41, 5.74) is 1.79. The lowest BCUT2D eigenvalue weighted by Crippen LogP contribution is -2.75. The van der Waals surface area contributed by atoms with Gasteiger partial charge < -0.3 is 9.80 Å². The molecule has 2 aromatic carbocycles. The van der Waals surface area contributed by atoms with Crippen LogP contribution in [0.15, 0.2) is 54.6 Å². The summed E-state index contributed by atoms with van der Waals surface area (Å²) in [5.74, 6) is -0.347. The fourth-order valence-electron chi connectivity index (χ4n) is 5.74. The van der Waals surface area contributed by atoms with E-state index in [1.165, 1.54) is 4.90 Å². The Morgan fingerprint density at radius 2 is 1.74 bits per heavy atom. The second-order valence-electron chi connectivity index (χ2n) is 10.0. The summed E-state index contributed by atoms with van der Waals surface area (Å²) in [4.78, 5) is 46.2. The summed E-state index contributed by atoms with van der Waals surface area (Å²) in [6, 6.07) is 17.2. The number of nitrogens with zero attached hydrogens (tertiary/aromatic N) is 3. The van der Waals surface area contributed by atoms with Crippen LogP contribution in [0.4, 0.5) is 16.2 Å². The van der Waals surface area contributed by atoms with Gasteiger partial charge in [-0.3, -0.25) is 19.8 Å².